The molecule has 3 fully saturated rings. The van der Waals surface area contributed by atoms with Crippen molar-refractivity contribution in [3.63, 3.8) is 0 Å². The van der Waals surface area contributed by atoms with Gasteiger partial charge in [0.1, 0.15) is 5.76 Å². The summed E-state index contributed by atoms with van der Waals surface area (Å²) in [4.78, 5) is 19.2. The average Bonchev–Trinajstić information content (AvgIpc) is 3.57. The molecule has 6 nitrogen and oxygen atoms in total. The summed E-state index contributed by atoms with van der Waals surface area (Å²) >= 11 is 0. The van der Waals surface area contributed by atoms with Crippen molar-refractivity contribution in [3.8, 4) is 0 Å². The van der Waals surface area contributed by atoms with E-state index in [1.54, 1.807) is 17.0 Å². The van der Waals surface area contributed by atoms with Crippen molar-refractivity contribution in [1.82, 2.24) is 19.6 Å². The lowest BCUT2D eigenvalue weighted by molar-refractivity contribution is 0.163. The number of piperidine rings is 1. The highest BCUT2D eigenvalue weighted by Crippen LogP contribution is 2.40. The number of rotatable bonds is 6. The molecule has 0 N–H and O–H groups in total. The van der Waals surface area contributed by atoms with Gasteiger partial charge < -0.3 is 4.52 Å². The van der Waals surface area contributed by atoms with Crippen LogP contribution in [-0.2, 0) is 13.1 Å². The number of hydrogen-bond acceptors (Lipinski definition) is 5. The number of aromatic nitrogens is 3. The maximum Gasteiger partial charge on any atom is 0.253 e. The Hall–Kier alpha value is -1.95. The van der Waals surface area contributed by atoms with Gasteiger partial charge in [0, 0.05) is 37.1 Å². The van der Waals surface area contributed by atoms with Gasteiger partial charge in [-0.15, -0.1) is 0 Å². The fraction of sp³-hybridized carbons (Fsp3) is 0.650. The number of likely N-dealkylation sites (tertiary alicyclic amines) is 1. The molecule has 2 saturated carbocycles. The van der Waals surface area contributed by atoms with Crippen LogP contribution in [0.5, 0.6) is 0 Å². The third kappa shape index (κ3) is 3.61. The van der Waals surface area contributed by atoms with E-state index in [0.29, 0.717) is 17.8 Å². The van der Waals surface area contributed by atoms with Crippen molar-refractivity contribution in [2.45, 2.75) is 63.5 Å². The van der Waals surface area contributed by atoms with E-state index in [2.05, 4.69) is 21.1 Å². The lowest BCUT2D eigenvalue weighted by atomic mass is 9.96. The van der Waals surface area contributed by atoms with Crippen LogP contribution >= 0.6 is 0 Å². The Morgan fingerprint density at radius 1 is 1.04 bits per heavy atom. The molecule has 3 heterocycles. The van der Waals surface area contributed by atoms with Gasteiger partial charge in [0.05, 0.1) is 17.7 Å². The highest BCUT2D eigenvalue weighted by molar-refractivity contribution is 5.14. The normalized spacial score (nSPS) is 22.0. The van der Waals surface area contributed by atoms with Gasteiger partial charge in [0.2, 0.25) is 0 Å². The van der Waals surface area contributed by atoms with Crippen LogP contribution in [0.2, 0.25) is 0 Å². The minimum atomic E-state index is 0.111. The Balaban J connectivity index is 1.13. The van der Waals surface area contributed by atoms with Crippen LogP contribution in [0.4, 0.5) is 0 Å². The highest BCUT2D eigenvalue weighted by Gasteiger charge is 2.29. The van der Waals surface area contributed by atoms with Crippen molar-refractivity contribution >= 4 is 0 Å². The lowest BCUT2D eigenvalue weighted by Crippen LogP contribution is -2.36. The predicted molar refractivity (Wildman–Crippen MR) is 97.0 cm³/mol. The van der Waals surface area contributed by atoms with Gasteiger partial charge in [-0.05, 0) is 57.5 Å². The largest absolute Gasteiger partial charge is 0.361 e. The Bertz CT molecular complexity index is 826. The first kappa shape index (κ1) is 16.2. The second-order valence-corrected chi connectivity index (χ2v) is 8.29. The Morgan fingerprint density at radius 3 is 2.50 bits per heavy atom. The summed E-state index contributed by atoms with van der Waals surface area (Å²) in [5.74, 6) is 2.78. The van der Waals surface area contributed by atoms with Crippen molar-refractivity contribution in [1.29, 1.82) is 0 Å². The molecule has 138 valence electrons. The zero-order chi connectivity index (χ0) is 17.5. The van der Waals surface area contributed by atoms with E-state index in [9.17, 15) is 4.79 Å². The molecule has 2 aliphatic carbocycles. The fourth-order valence-corrected chi connectivity index (χ4v) is 3.98. The molecule has 0 atom stereocenters. The summed E-state index contributed by atoms with van der Waals surface area (Å²) in [6.07, 6.45) is 8.85. The summed E-state index contributed by atoms with van der Waals surface area (Å²) in [5.41, 5.74) is 2.15. The molecule has 0 radical (unpaired) electrons. The zero-order valence-electron chi connectivity index (χ0n) is 15.1. The Kier molecular flexibility index (Phi) is 4.15. The van der Waals surface area contributed by atoms with E-state index in [4.69, 9.17) is 4.52 Å². The molecule has 5 rings (SSSR count). The Morgan fingerprint density at radius 2 is 1.81 bits per heavy atom. The first-order chi connectivity index (χ1) is 12.7. The van der Waals surface area contributed by atoms with Crippen molar-refractivity contribution in [2.24, 2.45) is 5.92 Å². The van der Waals surface area contributed by atoms with Gasteiger partial charge in [0.25, 0.3) is 5.56 Å². The molecule has 2 aromatic heterocycles. The van der Waals surface area contributed by atoms with Gasteiger partial charge in [-0.1, -0.05) is 5.16 Å². The van der Waals surface area contributed by atoms with Crippen LogP contribution in [-0.4, -0.2) is 32.7 Å². The van der Waals surface area contributed by atoms with E-state index in [-0.39, 0.29) is 5.56 Å². The smallest absolute Gasteiger partial charge is 0.253 e. The quantitative estimate of drug-likeness (QED) is 0.798. The van der Waals surface area contributed by atoms with E-state index in [1.807, 2.05) is 0 Å². The maximum atomic E-state index is 12.3. The highest BCUT2D eigenvalue weighted by atomic mass is 16.5. The van der Waals surface area contributed by atoms with Crippen LogP contribution in [0.3, 0.4) is 0 Å². The van der Waals surface area contributed by atoms with Gasteiger partial charge in [0.15, 0.2) is 0 Å². The molecule has 1 aliphatic heterocycles. The molecule has 0 spiro atoms. The first-order valence-corrected chi connectivity index (χ1v) is 9.99. The standard InChI is InChI=1S/C20H26N4O2/c25-20-10-18(15-1-2-15)21-13-24(20)11-14-5-7-23(8-6-14)12-17-9-19(26-22-17)16-3-4-16/h9-10,13-16H,1-8,11-12H2. The molecule has 0 aromatic carbocycles. The van der Waals surface area contributed by atoms with Crippen LogP contribution in [0.1, 0.15) is 67.5 Å². The molecule has 6 heteroatoms. The molecule has 0 unspecified atom stereocenters. The summed E-state index contributed by atoms with van der Waals surface area (Å²) < 4.78 is 7.25. The average molecular weight is 354 g/mol. The third-order valence-electron chi connectivity index (χ3n) is 6.00. The van der Waals surface area contributed by atoms with Crippen molar-refractivity contribution in [2.75, 3.05) is 13.1 Å². The molecule has 0 amide bonds. The predicted octanol–water partition coefficient (Wildman–Crippen LogP) is 2.90. The fourth-order valence-electron chi connectivity index (χ4n) is 3.98. The third-order valence-corrected chi connectivity index (χ3v) is 6.00. The van der Waals surface area contributed by atoms with E-state index >= 15 is 0 Å². The van der Waals surface area contributed by atoms with E-state index in [0.717, 1.165) is 56.2 Å². The number of nitrogens with zero attached hydrogens (tertiary/aromatic N) is 4. The van der Waals surface area contributed by atoms with E-state index < -0.39 is 0 Å². The minimum Gasteiger partial charge on any atom is -0.361 e. The maximum absolute atomic E-state index is 12.3. The van der Waals surface area contributed by atoms with E-state index in [1.165, 1.54) is 25.7 Å². The van der Waals surface area contributed by atoms with Gasteiger partial charge in [-0.3, -0.25) is 14.3 Å². The zero-order valence-corrected chi connectivity index (χ0v) is 15.1. The van der Waals surface area contributed by atoms with Gasteiger partial charge in [-0.2, -0.15) is 0 Å². The van der Waals surface area contributed by atoms with Crippen LogP contribution < -0.4 is 5.56 Å². The molecular weight excluding hydrogens is 328 g/mol. The summed E-state index contributed by atoms with van der Waals surface area (Å²) in [6, 6.07) is 3.88. The molecule has 26 heavy (non-hydrogen) atoms. The summed E-state index contributed by atoms with van der Waals surface area (Å²) in [6.45, 7) is 3.78. The van der Waals surface area contributed by atoms with Crippen LogP contribution in [0, 0.1) is 5.92 Å². The van der Waals surface area contributed by atoms with Crippen molar-refractivity contribution in [3.05, 3.63) is 46.0 Å². The summed E-state index contributed by atoms with van der Waals surface area (Å²) in [7, 11) is 0. The van der Waals surface area contributed by atoms with Gasteiger partial charge >= 0.3 is 0 Å². The Labute approximate surface area is 153 Å². The van der Waals surface area contributed by atoms with Gasteiger partial charge in [-0.25, -0.2) is 4.98 Å². The summed E-state index contributed by atoms with van der Waals surface area (Å²) in [5, 5.41) is 4.23. The lowest BCUT2D eigenvalue weighted by Gasteiger charge is -2.31. The molecule has 0 bridgehead atoms. The second-order valence-electron chi connectivity index (χ2n) is 8.29. The molecule has 1 saturated heterocycles. The second kappa shape index (κ2) is 6.65. The monoisotopic (exact) mass is 354 g/mol. The molecule has 2 aromatic rings. The number of hydrogen-bond donors (Lipinski definition) is 0. The SMILES string of the molecule is O=c1cc(C2CC2)ncn1CC1CCN(Cc2cc(C3CC3)on2)CC1. The van der Waals surface area contributed by atoms with Crippen LogP contribution in [0.25, 0.3) is 0 Å². The molecule has 3 aliphatic rings. The molecular formula is C20H26N4O2. The van der Waals surface area contributed by atoms with Crippen molar-refractivity contribution < 1.29 is 4.52 Å². The van der Waals surface area contributed by atoms with Crippen LogP contribution in [0.15, 0.2) is 27.8 Å². The first-order valence-electron chi connectivity index (χ1n) is 9.99. The minimum absolute atomic E-state index is 0.111. The topological polar surface area (TPSA) is 64.2 Å².